The number of rotatable bonds is 1. The smallest absolute Gasteiger partial charge is 0.257 e. The third-order valence-corrected chi connectivity index (χ3v) is 3.05. The van der Waals surface area contributed by atoms with Crippen LogP contribution < -0.4 is 5.73 Å². The maximum Gasteiger partial charge on any atom is 0.257 e. The first-order chi connectivity index (χ1) is 5.42. The van der Waals surface area contributed by atoms with Crippen LogP contribution >= 0.6 is 0 Å². The predicted molar refractivity (Wildman–Crippen MR) is 45.1 cm³/mol. The molecule has 1 fully saturated rings. The Morgan fingerprint density at radius 3 is 2.42 bits per heavy atom. The molecule has 0 aliphatic heterocycles. The molecule has 1 aliphatic carbocycles. The summed E-state index contributed by atoms with van der Waals surface area (Å²) in [5.41, 5.74) is 4.45. The standard InChI is InChI=1S/C9H17F2N/c1-8(2)5-3-4-7(6-12)9(8,10)11/h7H,3-6,12H2,1-2H3. The average molecular weight is 177 g/mol. The van der Waals surface area contributed by atoms with E-state index in [1.54, 1.807) is 13.8 Å². The highest BCUT2D eigenvalue weighted by atomic mass is 19.3. The molecule has 1 rings (SSSR count). The topological polar surface area (TPSA) is 26.0 Å². The second-order valence-corrected chi connectivity index (χ2v) is 4.33. The van der Waals surface area contributed by atoms with Crippen LogP contribution in [-0.2, 0) is 0 Å². The van der Waals surface area contributed by atoms with Gasteiger partial charge in [0.15, 0.2) is 0 Å². The van der Waals surface area contributed by atoms with Crippen LogP contribution in [0.25, 0.3) is 0 Å². The van der Waals surface area contributed by atoms with E-state index in [9.17, 15) is 8.78 Å². The van der Waals surface area contributed by atoms with Crippen molar-refractivity contribution in [2.75, 3.05) is 6.54 Å². The number of halogens is 2. The summed E-state index contributed by atoms with van der Waals surface area (Å²) in [5, 5.41) is 0. The lowest BCUT2D eigenvalue weighted by Gasteiger charge is -2.43. The van der Waals surface area contributed by atoms with Crippen molar-refractivity contribution in [1.29, 1.82) is 0 Å². The largest absolute Gasteiger partial charge is 0.330 e. The van der Waals surface area contributed by atoms with Crippen molar-refractivity contribution in [3.63, 3.8) is 0 Å². The molecule has 72 valence electrons. The van der Waals surface area contributed by atoms with Crippen LogP contribution in [0.1, 0.15) is 33.1 Å². The molecule has 0 aromatic rings. The minimum Gasteiger partial charge on any atom is -0.330 e. The van der Waals surface area contributed by atoms with Gasteiger partial charge in [0, 0.05) is 17.9 Å². The van der Waals surface area contributed by atoms with E-state index in [1.807, 2.05) is 0 Å². The normalized spacial score (nSPS) is 33.2. The first-order valence-electron chi connectivity index (χ1n) is 4.49. The monoisotopic (exact) mass is 177 g/mol. The summed E-state index contributed by atoms with van der Waals surface area (Å²) in [4.78, 5) is 0. The molecule has 0 saturated heterocycles. The quantitative estimate of drug-likeness (QED) is 0.654. The van der Waals surface area contributed by atoms with Crippen molar-refractivity contribution in [3.05, 3.63) is 0 Å². The second-order valence-electron chi connectivity index (χ2n) is 4.33. The fourth-order valence-electron chi connectivity index (χ4n) is 1.96. The molecule has 1 nitrogen and oxygen atoms in total. The summed E-state index contributed by atoms with van der Waals surface area (Å²) < 4.78 is 27.1. The van der Waals surface area contributed by atoms with E-state index in [2.05, 4.69) is 0 Å². The third kappa shape index (κ3) is 1.35. The molecule has 2 N–H and O–H groups in total. The highest BCUT2D eigenvalue weighted by Crippen LogP contribution is 2.50. The first kappa shape index (κ1) is 9.90. The van der Waals surface area contributed by atoms with Gasteiger partial charge in [-0.25, -0.2) is 8.78 Å². The van der Waals surface area contributed by atoms with Crippen LogP contribution in [-0.4, -0.2) is 12.5 Å². The summed E-state index contributed by atoms with van der Waals surface area (Å²) in [6.45, 7) is 3.38. The van der Waals surface area contributed by atoms with Crippen molar-refractivity contribution < 1.29 is 8.78 Å². The fourth-order valence-corrected chi connectivity index (χ4v) is 1.96. The number of hydrogen-bond donors (Lipinski definition) is 1. The van der Waals surface area contributed by atoms with E-state index in [1.165, 1.54) is 0 Å². The molecular weight excluding hydrogens is 160 g/mol. The summed E-state index contributed by atoms with van der Waals surface area (Å²) in [6.07, 6.45) is 2.06. The Morgan fingerprint density at radius 2 is 2.00 bits per heavy atom. The van der Waals surface area contributed by atoms with Crippen LogP contribution in [0, 0.1) is 11.3 Å². The molecule has 0 bridgehead atoms. The second kappa shape index (κ2) is 2.95. The van der Waals surface area contributed by atoms with E-state index in [-0.39, 0.29) is 6.54 Å². The van der Waals surface area contributed by atoms with Crippen molar-refractivity contribution in [1.82, 2.24) is 0 Å². The minimum absolute atomic E-state index is 0.108. The summed E-state index contributed by atoms with van der Waals surface area (Å²) >= 11 is 0. The van der Waals surface area contributed by atoms with Gasteiger partial charge in [-0.1, -0.05) is 20.3 Å². The van der Waals surface area contributed by atoms with Gasteiger partial charge in [-0.05, 0) is 12.8 Å². The Labute approximate surface area is 72.3 Å². The molecule has 0 aromatic heterocycles. The zero-order valence-corrected chi connectivity index (χ0v) is 7.74. The number of nitrogens with two attached hydrogens (primary N) is 1. The summed E-state index contributed by atoms with van der Waals surface area (Å²) in [7, 11) is 0. The maximum atomic E-state index is 13.6. The molecule has 0 aromatic carbocycles. The van der Waals surface area contributed by atoms with Gasteiger partial charge in [-0.2, -0.15) is 0 Å². The van der Waals surface area contributed by atoms with E-state index in [0.29, 0.717) is 12.8 Å². The van der Waals surface area contributed by atoms with Gasteiger partial charge in [0.05, 0.1) is 0 Å². The molecule has 0 radical (unpaired) electrons. The van der Waals surface area contributed by atoms with Gasteiger partial charge in [0.1, 0.15) is 0 Å². The highest BCUT2D eigenvalue weighted by Gasteiger charge is 2.53. The molecule has 1 saturated carbocycles. The van der Waals surface area contributed by atoms with Gasteiger partial charge in [0.2, 0.25) is 0 Å². The van der Waals surface area contributed by atoms with Crippen LogP contribution in [0.3, 0.4) is 0 Å². The molecule has 1 unspecified atom stereocenters. The molecule has 0 heterocycles. The van der Waals surface area contributed by atoms with Gasteiger partial charge < -0.3 is 5.73 Å². The Hall–Kier alpha value is -0.180. The third-order valence-electron chi connectivity index (χ3n) is 3.05. The Morgan fingerprint density at radius 1 is 1.42 bits per heavy atom. The molecule has 1 aliphatic rings. The summed E-state index contributed by atoms with van der Waals surface area (Å²) in [6, 6.07) is 0. The van der Waals surface area contributed by atoms with E-state index < -0.39 is 17.3 Å². The van der Waals surface area contributed by atoms with Crippen LogP contribution in [0.15, 0.2) is 0 Å². The lowest BCUT2D eigenvalue weighted by atomic mass is 9.69. The Balaban J connectivity index is 2.82. The Kier molecular flexibility index (Phi) is 2.43. The van der Waals surface area contributed by atoms with Crippen molar-refractivity contribution in [2.24, 2.45) is 17.1 Å². The predicted octanol–water partition coefficient (Wildman–Crippen LogP) is 2.41. The van der Waals surface area contributed by atoms with Crippen molar-refractivity contribution in [2.45, 2.75) is 39.0 Å². The minimum atomic E-state index is -2.58. The number of hydrogen-bond acceptors (Lipinski definition) is 1. The zero-order valence-electron chi connectivity index (χ0n) is 7.74. The van der Waals surface area contributed by atoms with Gasteiger partial charge >= 0.3 is 0 Å². The van der Waals surface area contributed by atoms with Crippen LogP contribution in [0.5, 0.6) is 0 Å². The van der Waals surface area contributed by atoms with Gasteiger partial charge in [-0.15, -0.1) is 0 Å². The molecule has 3 heteroatoms. The molecule has 1 atom stereocenters. The van der Waals surface area contributed by atoms with Gasteiger partial charge in [0.25, 0.3) is 5.92 Å². The van der Waals surface area contributed by atoms with E-state index in [4.69, 9.17) is 5.73 Å². The lowest BCUT2D eigenvalue weighted by Crippen LogP contribution is -2.48. The lowest BCUT2D eigenvalue weighted by molar-refractivity contribution is -0.170. The Bertz CT molecular complexity index is 166. The fraction of sp³-hybridized carbons (Fsp3) is 1.00. The molecule has 0 amide bonds. The van der Waals surface area contributed by atoms with Crippen LogP contribution in [0.4, 0.5) is 8.78 Å². The number of alkyl halides is 2. The molecule has 12 heavy (non-hydrogen) atoms. The zero-order chi connectivity index (χ0) is 9.41. The molecular formula is C9H17F2N. The highest BCUT2D eigenvalue weighted by molar-refractivity contribution is 4.94. The van der Waals surface area contributed by atoms with Gasteiger partial charge in [-0.3, -0.25) is 0 Å². The SMILES string of the molecule is CC1(C)CCCC(CN)C1(F)F. The maximum absolute atomic E-state index is 13.6. The molecule has 0 spiro atoms. The average Bonchev–Trinajstić information content (AvgIpc) is 1.95. The van der Waals surface area contributed by atoms with E-state index in [0.717, 1.165) is 6.42 Å². The van der Waals surface area contributed by atoms with Crippen molar-refractivity contribution in [3.8, 4) is 0 Å². The van der Waals surface area contributed by atoms with Crippen molar-refractivity contribution >= 4 is 0 Å². The van der Waals surface area contributed by atoms with E-state index >= 15 is 0 Å². The van der Waals surface area contributed by atoms with Crippen LogP contribution in [0.2, 0.25) is 0 Å². The summed E-state index contributed by atoms with van der Waals surface area (Å²) in [5.74, 6) is -3.19. The first-order valence-corrected chi connectivity index (χ1v) is 4.49.